The van der Waals surface area contributed by atoms with Gasteiger partial charge < -0.3 is 9.84 Å². The van der Waals surface area contributed by atoms with Crippen molar-refractivity contribution < 1.29 is 14.6 Å². The molecule has 0 heterocycles. The predicted octanol–water partition coefficient (Wildman–Crippen LogP) is 3.24. The molecule has 3 heteroatoms. The molecular formula is C19H20O3. The van der Waals surface area contributed by atoms with Crippen LogP contribution >= 0.6 is 0 Å². The van der Waals surface area contributed by atoms with Crippen molar-refractivity contribution in [1.82, 2.24) is 0 Å². The van der Waals surface area contributed by atoms with Gasteiger partial charge in [-0.05, 0) is 11.1 Å². The Morgan fingerprint density at radius 3 is 2.14 bits per heavy atom. The summed E-state index contributed by atoms with van der Waals surface area (Å²) in [5.74, 6) is -0.730. The monoisotopic (exact) mass is 296 g/mol. The number of aliphatic hydroxyl groups is 1. The topological polar surface area (TPSA) is 46.5 Å². The molecule has 0 amide bonds. The van der Waals surface area contributed by atoms with E-state index in [1.54, 1.807) is 0 Å². The lowest BCUT2D eigenvalue weighted by Gasteiger charge is -2.56. The second-order valence-electron chi connectivity index (χ2n) is 5.94. The third kappa shape index (κ3) is 2.22. The van der Waals surface area contributed by atoms with Gasteiger partial charge in [-0.1, -0.05) is 67.6 Å². The van der Waals surface area contributed by atoms with E-state index < -0.39 is 5.60 Å². The van der Waals surface area contributed by atoms with Gasteiger partial charge in [0.15, 0.2) is 0 Å². The summed E-state index contributed by atoms with van der Waals surface area (Å²) in [7, 11) is 0. The van der Waals surface area contributed by atoms with E-state index in [1.807, 2.05) is 67.6 Å². The lowest BCUT2D eigenvalue weighted by Crippen LogP contribution is -2.61. The molecule has 1 fully saturated rings. The molecule has 0 unspecified atom stereocenters. The Hall–Kier alpha value is -2.13. The molecule has 0 aromatic heterocycles. The van der Waals surface area contributed by atoms with Gasteiger partial charge in [-0.3, -0.25) is 4.79 Å². The van der Waals surface area contributed by atoms with Crippen molar-refractivity contribution >= 4 is 5.97 Å². The van der Waals surface area contributed by atoms with Crippen LogP contribution in [0.3, 0.4) is 0 Å². The van der Waals surface area contributed by atoms with Crippen LogP contribution in [-0.2, 0) is 15.1 Å². The second kappa shape index (κ2) is 5.58. The highest BCUT2D eigenvalue weighted by molar-refractivity contribution is 5.66. The van der Waals surface area contributed by atoms with Crippen LogP contribution in [0.4, 0.5) is 0 Å². The molecule has 1 saturated carbocycles. The highest BCUT2D eigenvalue weighted by Gasteiger charge is 2.62. The van der Waals surface area contributed by atoms with Gasteiger partial charge in [0.1, 0.15) is 11.7 Å². The van der Waals surface area contributed by atoms with Crippen molar-refractivity contribution in [3.63, 3.8) is 0 Å². The number of esters is 1. The van der Waals surface area contributed by atoms with Crippen LogP contribution in [0.2, 0.25) is 0 Å². The van der Waals surface area contributed by atoms with E-state index in [0.717, 1.165) is 11.1 Å². The van der Waals surface area contributed by atoms with E-state index in [0.29, 0.717) is 0 Å². The summed E-state index contributed by atoms with van der Waals surface area (Å²) in [5, 5.41) is 11.4. The molecule has 0 spiro atoms. The summed E-state index contributed by atoms with van der Waals surface area (Å²) in [6.07, 6.45) is -0.315. The maximum Gasteiger partial charge on any atom is 0.302 e. The molecule has 3 rings (SSSR count). The van der Waals surface area contributed by atoms with Gasteiger partial charge in [-0.2, -0.15) is 0 Å². The fourth-order valence-corrected chi connectivity index (χ4v) is 3.57. The summed E-state index contributed by atoms with van der Waals surface area (Å²) < 4.78 is 5.48. The van der Waals surface area contributed by atoms with E-state index in [-0.39, 0.29) is 23.9 Å². The summed E-state index contributed by atoms with van der Waals surface area (Å²) in [6.45, 7) is 3.34. The Balaban J connectivity index is 2.04. The number of ether oxygens (including phenoxy) is 1. The van der Waals surface area contributed by atoms with Crippen molar-refractivity contribution in [1.29, 1.82) is 0 Å². The summed E-state index contributed by atoms with van der Waals surface area (Å²) in [6, 6.07) is 19.4. The fraction of sp³-hybridized carbons (Fsp3) is 0.316. The zero-order valence-electron chi connectivity index (χ0n) is 12.8. The molecule has 0 radical (unpaired) electrons. The number of rotatable bonds is 3. The van der Waals surface area contributed by atoms with Gasteiger partial charge in [0.2, 0.25) is 0 Å². The fourth-order valence-electron chi connectivity index (χ4n) is 3.57. The number of carbonyl (C=O) groups is 1. The highest BCUT2D eigenvalue weighted by atomic mass is 16.5. The summed E-state index contributed by atoms with van der Waals surface area (Å²) in [4.78, 5) is 11.4. The number of carbonyl (C=O) groups excluding carboxylic acids is 1. The first-order valence-electron chi connectivity index (χ1n) is 7.55. The van der Waals surface area contributed by atoms with Gasteiger partial charge in [0.25, 0.3) is 0 Å². The predicted molar refractivity (Wildman–Crippen MR) is 84.2 cm³/mol. The third-order valence-electron chi connectivity index (χ3n) is 4.69. The van der Waals surface area contributed by atoms with Gasteiger partial charge in [0.05, 0.1) is 5.92 Å². The molecule has 0 bridgehead atoms. The van der Waals surface area contributed by atoms with Crippen LogP contribution in [-0.4, -0.2) is 17.2 Å². The number of benzene rings is 2. The molecular weight excluding hydrogens is 276 g/mol. The van der Waals surface area contributed by atoms with Crippen molar-refractivity contribution in [3.8, 4) is 0 Å². The number of hydrogen-bond acceptors (Lipinski definition) is 3. The second-order valence-corrected chi connectivity index (χ2v) is 5.94. The highest BCUT2D eigenvalue weighted by Crippen LogP contribution is 2.57. The molecule has 3 nitrogen and oxygen atoms in total. The molecule has 1 aliphatic carbocycles. The standard InChI is InChI=1S/C19H20O3/c1-13-18(22-14(2)20)17(15-9-5-3-6-10-15)19(13,21)16-11-7-4-8-12-16/h3-13,17-18,21H,1-2H3/t13-,17-,18-,19+/m1/s1. The Morgan fingerprint density at radius 2 is 1.59 bits per heavy atom. The average molecular weight is 296 g/mol. The van der Waals surface area contributed by atoms with Crippen molar-refractivity contribution in [3.05, 3.63) is 71.8 Å². The zero-order valence-corrected chi connectivity index (χ0v) is 12.8. The maximum atomic E-state index is 11.4. The van der Waals surface area contributed by atoms with Crippen LogP contribution in [0.25, 0.3) is 0 Å². The Morgan fingerprint density at radius 1 is 1.05 bits per heavy atom. The average Bonchev–Trinajstić information content (AvgIpc) is 2.55. The number of hydrogen-bond donors (Lipinski definition) is 1. The van der Waals surface area contributed by atoms with E-state index >= 15 is 0 Å². The minimum Gasteiger partial charge on any atom is -0.461 e. The van der Waals surface area contributed by atoms with E-state index in [4.69, 9.17) is 4.74 Å². The van der Waals surface area contributed by atoms with Crippen LogP contribution in [0.15, 0.2) is 60.7 Å². The SMILES string of the molecule is CC(=O)O[C@@H]1[C@@H](C)[C@](O)(c2ccccc2)[C@@H]1c1ccccc1. The zero-order chi connectivity index (χ0) is 15.7. The Kier molecular flexibility index (Phi) is 3.75. The van der Waals surface area contributed by atoms with Crippen LogP contribution < -0.4 is 0 Å². The van der Waals surface area contributed by atoms with Gasteiger partial charge in [0, 0.05) is 12.8 Å². The van der Waals surface area contributed by atoms with E-state index in [1.165, 1.54) is 6.92 Å². The van der Waals surface area contributed by atoms with Crippen molar-refractivity contribution in [2.24, 2.45) is 5.92 Å². The largest absolute Gasteiger partial charge is 0.461 e. The van der Waals surface area contributed by atoms with E-state index in [9.17, 15) is 9.90 Å². The van der Waals surface area contributed by atoms with Crippen LogP contribution in [0.5, 0.6) is 0 Å². The minimum atomic E-state index is -1.03. The molecule has 0 aliphatic heterocycles. The molecule has 4 atom stereocenters. The molecule has 1 aliphatic rings. The van der Waals surface area contributed by atoms with Gasteiger partial charge in [-0.25, -0.2) is 0 Å². The van der Waals surface area contributed by atoms with Gasteiger partial charge in [-0.15, -0.1) is 0 Å². The molecule has 2 aromatic rings. The lowest BCUT2D eigenvalue weighted by molar-refractivity contribution is -0.216. The first-order chi connectivity index (χ1) is 10.5. The third-order valence-corrected chi connectivity index (χ3v) is 4.69. The van der Waals surface area contributed by atoms with Gasteiger partial charge >= 0.3 is 5.97 Å². The quantitative estimate of drug-likeness (QED) is 0.885. The first kappa shape index (κ1) is 14.8. The lowest BCUT2D eigenvalue weighted by atomic mass is 9.54. The van der Waals surface area contributed by atoms with Crippen molar-refractivity contribution in [2.75, 3.05) is 0 Å². The molecule has 1 N–H and O–H groups in total. The smallest absolute Gasteiger partial charge is 0.302 e. The first-order valence-corrected chi connectivity index (χ1v) is 7.55. The maximum absolute atomic E-state index is 11.4. The normalized spacial score (nSPS) is 30.4. The molecule has 0 saturated heterocycles. The summed E-state index contributed by atoms with van der Waals surface area (Å²) in [5.41, 5.74) is 0.820. The molecule has 22 heavy (non-hydrogen) atoms. The van der Waals surface area contributed by atoms with Crippen molar-refractivity contribution in [2.45, 2.75) is 31.5 Å². The molecule has 114 valence electrons. The summed E-state index contributed by atoms with van der Waals surface area (Å²) >= 11 is 0. The Labute approximate surface area is 130 Å². The minimum absolute atomic E-state index is 0.163. The molecule has 2 aromatic carbocycles. The van der Waals surface area contributed by atoms with Crippen LogP contribution in [0, 0.1) is 5.92 Å². The van der Waals surface area contributed by atoms with E-state index in [2.05, 4.69) is 0 Å². The Bertz CT molecular complexity index is 653. The van der Waals surface area contributed by atoms with Crippen LogP contribution in [0.1, 0.15) is 30.9 Å².